The first-order chi connectivity index (χ1) is 9.63. The Bertz CT molecular complexity index is 653. The van der Waals surface area contributed by atoms with E-state index in [1.54, 1.807) is 12.1 Å². The third-order valence-corrected chi connectivity index (χ3v) is 3.75. The monoisotopic (exact) mass is 311 g/mol. The Hall–Kier alpha value is -1.59. The molecule has 0 aliphatic heterocycles. The predicted octanol–water partition coefficient (Wildman–Crippen LogP) is 3.18. The van der Waals surface area contributed by atoms with E-state index in [0.717, 1.165) is 18.7 Å². The average molecular weight is 312 g/mol. The van der Waals surface area contributed by atoms with E-state index < -0.39 is 0 Å². The van der Waals surface area contributed by atoms with Crippen molar-refractivity contribution >= 4 is 29.1 Å². The summed E-state index contributed by atoms with van der Waals surface area (Å²) in [7, 11) is 0. The molecule has 1 aliphatic carbocycles. The number of halogens is 2. The van der Waals surface area contributed by atoms with Crippen molar-refractivity contribution in [1.82, 2.24) is 15.5 Å². The molecule has 0 spiro atoms. The average Bonchev–Trinajstić information content (AvgIpc) is 3.18. The van der Waals surface area contributed by atoms with E-state index in [1.807, 2.05) is 0 Å². The Morgan fingerprint density at radius 3 is 2.85 bits per heavy atom. The van der Waals surface area contributed by atoms with Crippen molar-refractivity contribution in [3.63, 3.8) is 0 Å². The minimum Gasteiger partial charge on any atom is -0.343 e. The summed E-state index contributed by atoms with van der Waals surface area (Å²) in [6, 6.07) is 4.70. The Morgan fingerprint density at radius 1 is 1.35 bits per heavy atom. The van der Waals surface area contributed by atoms with Crippen LogP contribution in [0.4, 0.5) is 0 Å². The topological polar surface area (TPSA) is 68.0 Å². The molecule has 3 rings (SSSR count). The van der Waals surface area contributed by atoms with Crippen molar-refractivity contribution in [3.05, 3.63) is 45.5 Å². The second-order valence-electron chi connectivity index (χ2n) is 4.63. The zero-order valence-electron chi connectivity index (χ0n) is 10.4. The molecule has 1 aliphatic rings. The van der Waals surface area contributed by atoms with Crippen LogP contribution in [0.5, 0.6) is 0 Å². The minimum absolute atomic E-state index is 0.193. The normalized spacial score (nSPS) is 14.3. The van der Waals surface area contributed by atoms with Gasteiger partial charge in [-0.3, -0.25) is 4.79 Å². The number of nitrogens with one attached hydrogen (secondary N) is 1. The fourth-order valence-electron chi connectivity index (χ4n) is 1.74. The summed E-state index contributed by atoms with van der Waals surface area (Å²) >= 11 is 11.7. The van der Waals surface area contributed by atoms with Gasteiger partial charge in [-0.05, 0) is 31.0 Å². The van der Waals surface area contributed by atoms with Gasteiger partial charge in [-0.15, -0.1) is 0 Å². The van der Waals surface area contributed by atoms with Gasteiger partial charge in [-0.1, -0.05) is 28.4 Å². The van der Waals surface area contributed by atoms with Gasteiger partial charge in [0.05, 0.1) is 16.6 Å². The summed E-state index contributed by atoms with van der Waals surface area (Å²) in [5, 5.41) is 7.33. The quantitative estimate of drug-likeness (QED) is 0.941. The fraction of sp³-hybridized carbons (Fsp3) is 0.308. The molecule has 20 heavy (non-hydrogen) atoms. The van der Waals surface area contributed by atoms with Crippen LogP contribution >= 0.6 is 23.2 Å². The van der Waals surface area contributed by atoms with Crippen LogP contribution in [0, 0.1) is 0 Å². The van der Waals surface area contributed by atoms with Crippen LogP contribution in [0.1, 0.15) is 40.8 Å². The zero-order valence-corrected chi connectivity index (χ0v) is 11.9. The first-order valence-corrected chi connectivity index (χ1v) is 6.95. The molecule has 104 valence electrons. The first-order valence-electron chi connectivity index (χ1n) is 6.19. The predicted molar refractivity (Wildman–Crippen MR) is 73.9 cm³/mol. The summed E-state index contributed by atoms with van der Waals surface area (Å²) in [5.74, 6) is 1.29. The lowest BCUT2D eigenvalue weighted by Crippen LogP contribution is -2.22. The number of amides is 1. The maximum absolute atomic E-state index is 11.9. The molecule has 1 saturated carbocycles. The molecule has 1 heterocycles. The van der Waals surface area contributed by atoms with E-state index in [0.29, 0.717) is 27.4 Å². The van der Waals surface area contributed by atoms with Gasteiger partial charge in [0, 0.05) is 11.5 Å². The molecule has 7 heteroatoms. The smallest absolute Gasteiger partial charge is 0.251 e. The molecule has 1 fully saturated rings. The molecule has 2 aromatic rings. The molecular formula is C13H11Cl2N3O2. The van der Waals surface area contributed by atoms with Crippen LogP contribution in [0.25, 0.3) is 0 Å². The molecule has 1 aromatic heterocycles. The van der Waals surface area contributed by atoms with Crippen molar-refractivity contribution in [2.24, 2.45) is 0 Å². The van der Waals surface area contributed by atoms with E-state index in [4.69, 9.17) is 27.7 Å². The molecule has 1 amide bonds. The third-order valence-electron chi connectivity index (χ3n) is 3.01. The summed E-state index contributed by atoms with van der Waals surface area (Å²) in [5.41, 5.74) is 0.432. The summed E-state index contributed by atoms with van der Waals surface area (Å²) in [4.78, 5) is 16.2. The molecule has 0 unspecified atom stereocenters. The first kappa shape index (κ1) is 13.4. The lowest BCUT2D eigenvalue weighted by molar-refractivity contribution is 0.0946. The van der Waals surface area contributed by atoms with Crippen molar-refractivity contribution in [2.45, 2.75) is 25.3 Å². The van der Waals surface area contributed by atoms with Gasteiger partial charge in [0.25, 0.3) is 5.91 Å². The Labute approximate surface area is 125 Å². The van der Waals surface area contributed by atoms with Gasteiger partial charge in [0.15, 0.2) is 5.82 Å². The van der Waals surface area contributed by atoms with Crippen LogP contribution in [0.2, 0.25) is 10.0 Å². The molecule has 0 bridgehead atoms. The fourth-order valence-corrected chi connectivity index (χ4v) is 2.04. The van der Waals surface area contributed by atoms with Crippen LogP contribution in [0.3, 0.4) is 0 Å². The molecular weight excluding hydrogens is 301 g/mol. The maximum atomic E-state index is 11.9. The maximum Gasteiger partial charge on any atom is 0.251 e. The van der Waals surface area contributed by atoms with Gasteiger partial charge < -0.3 is 9.84 Å². The number of carbonyl (C=O) groups is 1. The van der Waals surface area contributed by atoms with E-state index in [9.17, 15) is 4.79 Å². The number of rotatable bonds is 4. The standard InChI is InChI=1S/C13H11Cl2N3O2/c14-9-4-3-8(5-10(9)15)13(19)16-6-11-17-12(18-20-11)7-1-2-7/h3-5,7H,1-2,6H2,(H,16,19). The van der Waals surface area contributed by atoms with E-state index >= 15 is 0 Å². The molecule has 0 radical (unpaired) electrons. The summed E-state index contributed by atoms with van der Waals surface area (Å²) in [6.45, 7) is 0.193. The number of aromatic nitrogens is 2. The Kier molecular flexibility index (Phi) is 3.63. The lowest BCUT2D eigenvalue weighted by atomic mass is 10.2. The molecule has 5 nitrogen and oxygen atoms in total. The number of hydrogen-bond acceptors (Lipinski definition) is 4. The zero-order chi connectivity index (χ0) is 14.1. The number of benzene rings is 1. The molecule has 1 aromatic carbocycles. The SMILES string of the molecule is O=C(NCc1nc(C2CC2)no1)c1ccc(Cl)c(Cl)c1. The van der Waals surface area contributed by atoms with Gasteiger partial charge in [-0.2, -0.15) is 4.98 Å². The molecule has 1 N–H and O–H groups in total. The van der Waals surface area contributed by atoms with Crippen LogP contribution in [-0.4, -0.2) is 16.0 Å². The highest BCUT2D eigenvalue weighted by Crippen LogP contribution is 2.38. The highest BCUT2D eigenvalue weighted by Gasteiger charge is 2.28. The molecule has 0 atom stereocenters. The number of carbonyl (C=O) groups excluding carboxylic acids is 1. The second kappa shape index (κ2) is 5.42. The van der Waals surface area contributed by atoms with Crippen LogP contribution < -0.4 is 5.32 Å². The summed E-state index contributed by atoms with van der Waals surface area (Å²) < 4.78 is 5.07. The van der Waals surface area contributed by atoms with Crippen molar-refractivity contribution in [1.29, 1.82) is 0 Å². The van der Waals surface area contributed by atoms with Crippen LogP contribution in [0.15, 0.2) is 22.7 Å². The third kappa shape index (κ3) is 2.94. The second-order valence-corrected chi connectivity index (χ2v) is 5.45. The van der Waals surface area contributed by atoms with Crippen molar-refractivity contribution in [2.75, 3.05) is 0 Å². The van der Waals surface area contributed by atoms with Gasteiger partial charge in [-0.25, -0.2) is 0 Å². The Balaban J connectivity index is 1.61. The van der Waals surface area contributed by atoms with E-state index in [1.165, 1.54) is 6.07 Å². The van der Waals surface area contributed by atoms with Crippen molar-refractivity contribution in [3.8, 4) is 0 Å². The van der Waals surface area contributed by atoms with Crippen LogP contribution in [-0.2, 0) is 6.54 Å². The number of hydrogen-bond donors (Lipinski definition) is 1. The summed E-state index contributed by atoms with van der Waals surface area (Å²) in [6.07, 6.45) is 2.21. The lowest BCUT2D eigenvalue weighted by Gasteiger charge is -2.03. The van der Waals surface area contributed by atoms with Gasteiger partial charge >= 0.3 is 0 Å². The van der Waals surface area contributed by atoms with E-state index in [2.05, 4.69) is 15.5 Å². The number of nitrogens with zero attached hydrogens (tertiary/aromatic N) is 2. The van der Waals surface area contributed by atoms with Gasteiger partial charge in [0.1, 0.15) is 0 Å². The molecule has 0 saturated heterocycles. The highest BCUT2D eigenvalue weighted by atomic mass is 35.5. The van der Waals surface area contributed by atoms with Crippen molar-refractivity contribution < 1.29 is 9.32 Å². The largest absolute Gasteiger partial charge is 0.343 e. The van der Waals surface area contributed by atoms with E-state index in [-0.39, 0.29) is 12.5 Å². The highest BCUT2D eigenvalue weighted by molar-refractivity contribution is 6.42. The minimum atomic E-state index is -0.269. The Morgan fingerprint density at radius 2 is 2.15 bits per heavy atom. The van der Waals surface area contributed by atoms with Gasteiger partial charge in [0.2, 0.25) is 5.89 Å².